The predicted octanol–water partition coefficient (Wildman–Crippen LogP) is 3.52. The highest BCUT2D eigenvalue weighted by Crippen LogP contribution is 2.16. The predicted molar refractivity (Wildman–Crippen MR) is 76.0 cm³/mol. The summed E-state index contributed by atoms with van der Waals surface area (Å²) in [5, 5.41) is 2.96. The molecule has 0 aliphatic rings. The zero-order valence-corrected chi connectivity index (χ0v) is 12.5. The molecule has 0 fully saturated rings. The summed E-state index contributed by atoms with van der Waals surface area (Å²) >= 11 is 3.47. The van der Waals surface area contributed by atoms with E-state index in [9.17, 15) is 4.79 Å². The molecule has 1 N–H and O–H groups in total. The van der Waals surface area contributed by atoms with Crippen molar-refractivity contribution in [3.63, 3.8) is 0 Å². The molecular formula is C14H20BrNO. The molecule has 1 amide bonds. The molecule has 2 nitrogen and oxygen atoms in total. The Balaban J connectivity index is 2.76. The first-order valence-electron chi connectivity index (χ1n) is 5.92. The van der Waals surface area contributed by atoms with E-state index in [4.69, 9.17) is 0 Å². The molecule has 94 valence electrons. The summed E-state index contributed by atoms with van der Waals surface area (Å²) in [4.78, 5) is 12.5. The van der Waals surface area contributed by atoms with Crippen molar-refractivity contribution in [3.05, 3.63) is 34.4 Å². The second-order valence-electron chi connectivity index (χ2n) is 4.60. The van der Waals surface area contributed by atoms with E-state index in [1.54, 1.807) is 0 Å². The van der Waals surface area contributed by atoms with Crippen molar-refractivity contribution in [1.29, 1.82) is 0 Å². The molecular weight excluding hydrogens is 278 g/mol. The number of hydrogen-bond acceptors (Lipinski definition) is 1. The number of hydrogen-bond donors (Lipinski definition) is 1. The van der Waals surface area contributed by atoms with Crippen LogP contribution in [0, 0.1) is 20.8 Å². The SMILES string of the molecule is Cc1cc(C)c(C(=O)NCCC(C)Br)c(C)c1. The van der Waals surface area contributed by atoms with E-state index in [1.807, 2.05) is 20.8 Å². The number of carbonyl (C=O) groups is 1. The van der Waals surface area contributed by atoms with Crippen molar-refractivity contribution < 1.29 is 4.79 Å². The van der Waals surface area contributed by atoms with Crippen LogP contribution in [0.3, 0.4) is 0 Å². The Morgan fingerprint density at radius 3 is 2.29 bits per heavy atom. The minimum atomic E-state index is 0.0353. The summed E-state index contributed by atoms with van der Waals surface area (Å²) in [6.07, 6.45) is 0.940. The first-order valence-corrected chi connectivity index (χ1v) is 6.83. The lowest BCUT2D eigenvalue weighted by Gasteiger charge is -2.12. The van der Waals surface area contributed by atoms with Crippen LogP contribution >= 0.6 is 15.9 Å². The second kappa shape index (κ2) is 6.20. The quantitative estimate of drug-likeness (QED) is 0.847. The second-order valence-corrected chi connectivity index (χ2v) is 6.16. The molecule has 17 heavy (non-hydrogen) atoms. The fraction of sp³-hybridized carbons (Fsp3) is 0.500. The standard InChI is InChI=1S/C14H20BrNO/c1-9-7-10(2)13(11(3)8-9)14(17)16-6-5-12(4)15/h7-8,12H,5-6H2,1-4H3,(H,16,17). The van der Waals surface area contributed by atoms with Gasteiger partial charge in [0.1, 0.15) is 0 Å². The van der Waals surface area contributed by atoms with Gasteiger partial charge in [0.15, 0.2) is 0 Å². The summed E-state index contributed by atoms with van der Waals surface area (Å²) in [5.41, 5.74) is 4.11. The van der Waals surface area contributed by atoms with Crippen LogP contribution in [0.15, 0.2) is 12.1 Å². The zero-order chi connectivity index (χ0) is 13.0. The van der Waals surface area contributed by atoms with Crippen molar-refractivity contribution >= 4 is 21.8 Å². The maximum absolute atomic E-state index is 12.1. The highest BCUT2D eigenvalue weighted by Gasteiger charge is 2.12. The monoisotopic (exact) mass is 297 g/mol. The fourth-order valence-electron chi connectivity index (χ4n) is 2.01. The van der Waals surface area contributed by atoms with Gasteiger partial charge in [-0.25, -0.2) is 0 Å². The van der Waals surface area contributed by atoms with Crippen LogP contribution in [-0.2, 0) is 0 Å². The lowest BCUT2D eigenvalue weighted by Crippen LogP contribution is -2.27. The minimum absolute atomic E-state index is 0.0353. The van der Waals surface area contributed by atoms with Gasteiger partial charge in [-0.3, -0.25) is 4.79 Å². The molecule has 0 radical (unpaired) electrons. The number of rotatable bonds is 4. The maximum Gasteiger partial charge on any atom is 0.251 e. The Labute approximate surface area is 112 Å². The summed E-state index contributed by atoms with van der Waals surface area (Å²) in [6, 6.07) is 4.10. The number of benzene rings is 1. The van der Waals surface area contributed by atoms with Crippen LogP contribution in [0.25, 0.3) is 0 Å². The molecule has 0 saturated heterocycles. The highest BCUT2D eigenvalue weighted by atomic mass is 79.9. The fourth-order valence-corrected chi connectivity index (χ4v) is 2.24. The molecule has 1 atom stereocenters. The molecule has 0 aliphatic heterocycles. The minimum Gasteiger partial charge on any atom is -0.352 e. The van der Waals surface area contributed by atoms with Gasteiger partial charge >= 0.3 is 0 Å². The molecule has 1 aromatic rings. The Morgan fingerprint density at radius 1 is 1.29 bits per heavy atom. The first kappa shape index (κ1) is 14.2. The maximum atomic E-state index is 12.1. The van der Waals surface area contributed by atoms with Crippen LogP contribution in [0.2, 0.25) is 0 Å². The van der Waals surface area contributed by atoms with Crippen LogP contribution < -0.4 is 5.32 Å². The van der Waals surface area contributed by atoms with E-state index in [-0.39, 0.29) is 5.91 Å². The summed E-state index contributed by atoms with van der Waals surface area (Å²) in [7, 11) is 0. The summed E-state index contributed by atoms with van der Waals surface area (Å²) in [5.74, 6) is 0.0353. The van der Waals surface area contributed by atoms with Gasteiger partial charge in [0.05, 0.1) is 0 Å². The largest absolute Gasteiger partial charge is 0.352 e. The van der Waals surface area contributed by atoms with Crippen LogP contribution in [-0.4, -0.2) is 17.3 Å². The molecule has 1 aromatic carbocycles. The van der Waals surface area contributed by atoms with Crippen LogP contribution in [0.5, 0.6) is 0 Å². The van der Waals surface area contributed by atoms with Gasteiger partial charge in [-0.15, -0.1) is 0 Å². The molecule has 0 saturated carbocycles. The molecule has 0 spiro atoms. The van der Waals surface area contributed by atoms with Gasteiger partial charge < -0.3 is 5.32 Å². The smallest absolute Gasteiger partial charge is 0.251 e. The van der Waals surface area contributed by atoms with E-state index < -0.39 is 0 Å². The zero-order valence-electron chi connectivity index (χ0n) is 10.9. The summed E-state index contributed by atoms with van der Waals surface area (Å²) in [6.45, 7) is 8.81. The van der Waals surface area contributed by atoms with Crippen molar-refractivity contribution in [2.24, 2.45) is 0 Å². The van der Waals surface area contributed by atoms with E-state index in [1.165, 1.54) is 5.56 Å². The Kier molecular flexibility index (Phi) is 5.19. The lowest BCUT2D eigenvalue weighted by atomic mass is 9.99. The van der Waals surface area contributed by atoms with E-state index >= 15 is 0 Å². The van der Waals surface area contributed by atoms with E-state index in [0.29, 0.717) is 11.4 Å². The van der Waals surface area contributed by atoms with E-state index in [2.05, 4.69) is 40.3 Å². The van der Waals surface area contributed by atoms with Gasteiger partial charge in [0, 0.05) is 16.9 Å². The van der Waals surface area contributed by atoms with Crippen molar-refractivity contribution in [1.82, 2.24) is 5.32 Å². The molecule has 0 aliphatic carbocycles. The van der Waals surface area contributed by atoms with Crippen LogP contribution in [0.4, 0.5) is 0 Å². The third kappa shape index (κ3) is 4.15. The normalized spacial score (nSPS) is 12.3. The average molecular weight is 298 g/mol. The number of aryl methyl sites for hydroxylation is 3. The highest BCUT2D eigenvalue weighted by molar-refractivity contribution is 9.09. The van der Waals surface area contributed by atoms with E-state index in [0.717, 1.165) is 23.1 Å². The molecule has 3 heteroatoms. The molecule has 0 heterocycles. The van der Waals surface area contributed by atoms with Gasteiger partial charge in [-0.05, 0) is 38.3 Å². The first-order chi connectivity index (χ1) is 7.91. The molecule has 1 rings (SSSR count). The number of alkyl halides is 1. The third-order valence-corrected chi connectivity index (χ3v) is 3.19. The molecule has 0 aromatic heterocycles. The topological polar surface area (TPSA) is 29.1 Å². The number of carbonyl (C=O) groups excluding carboxylic acids is 1. The van der Waals surface area contributed by atoms with Gasteiger partial charge in [0.2, 0.25) is 0 Å². The Bertz CT molecular complexity index is 390. The molecule has 1 unspecified atom stereocenters. The van der Waals surface area contributed by atoms with Crippen molar-refractivity contribution in [2.75, 3.05) is 6.54 Å². The number of amides is 1. The Morgan fingerprint density at radius 2 is 1.82 bits per heavy atom. The van der Waals surface area contributed by atoms with Crippen molar-refractivity contribution in [3.8, 4) is 0 Å². The van der Waals surface area contributed by atoms with Gasteiger partial charge in [-0.2, -0.15) is 0 Å². The Hall–Kier alpha value is -0.830. The van der Waals surface area contributed by atoms with Crippen molar-refractivity contribution in [2.45, 2.75) is 38.9 Å². The number of halogens is 1. The average Bonchev–Trinajstić information content (AvgIpc) is 2.14. The molecule has 0 bridgehead atoms. The van der Waals surface area contributed by atoms with Gasteiger partial charge in [-0.1, -0.05) is 40.5 Å². The van der Waals surface area contributed by atoms with Crippen LogP contribution in [0.1, 0.15) is 40.4 Å². The third-order valence-electron chi connectivity index (χ3n) is 2.73. The van der Waals surface area contributed by atoms with Gasteiger partial charge in [0.25, 0.3) is 5.91 Å². The number of nitrogens with one attached hydrogen (secondary N) is 1. The lowest BCUT2D eigenvalue weighted by molar-refractivity contribution is 0.0952. The summed E-state index contributed by atoms with van der Waals surface area (Å²) < 4.78 is 0.